The Bertz CT molecular complexity index is 1220. The van der Waals surface area contributed by atoms with Crippen LogP contribution in [-0.4, -0.2) is 57.3 Å². The second kappa shape index (κ2) is 11.6. The molecular formula is C25H25ClF3N3O4. The van der Waals surface area contributed by atoms with Gasteiger partial charge in [-0.3, -0.25) is 9.78 Å². The van der Waals surface area contributed by atoms with Gasteiger partial charge in [0.15, 0.2) is 6.10 Å². The molecule has 1 aromatic heterocycles. The molecule has 7 nitrogen and oxygen atoms in total. The number of aliphatic hydroxyl groups is 1. The Balaban J connectivity index is 0.000000454. The van der Waals surface area contributed by atoms with E-state index >= 15 is 0 Å². The molecule has 3 aromatic rings. The molecule has 1 aliphatic heterocycles. The molecule has 36 heavy (non-hydrogen) atoms. The van der Waals surface area contributed by atoms with Crippen molar-refractivity contribution in [1.29, 1.82) is 0 Å². The second-order valence-electron chi connectivity index (χ2n) is 8.38. The van der Waals surface area contributed by atoms with Crippen molar-refractivity contribution in [2.45, 2.75) is 38.1 Å². The number of aliphatic hydroxyl groups excluding tert-OH is 1. The summed E-state index contributed by atoms with van der Waals surface area (Å²) in [7, 11) is 0. The van der Waals surface area contributed by atoms with E-state index in [9.17, 15) is 23.1 Å². The number of aliphatic carboxylic acids is 1. The van der Waals surface area contributed by atoms with Crippen molar-refractivity contribution in [2.24, 2.45) is 0 Å². The van der Waals surface area contributed by atoms with Crippen LogP contribution in [0.5, 0.6) is 0 Å². The Labute approximate surface area is 210 Å². The van der Waals surface area contributed by atoms with Gasteiger partial charge in [0, 0.05) is 53.0 Å². The predicted molar refractivity (Wildman–Crippen MR) is 130 cm³/mol. The first kappa shape index (κ1) is 27.2. The number of hydrogen-bond acceptors (Lipinski definition) is 5. The Morgan fingerprint density at radius 2 is 1.83 bits per heavy atom. The number of pyridine rings is 1. The summed E-state index contributed by atoms with van der Waals surface area (Å²) in [6.07, 6.45) is -0.653. The molecule has 192 valence electrons. The van der Waals surface area contributed by atoms with Gasteiger partial charge in [0.2, 0.25) is 0 Å². The molecule has 4 rings (SSSR count). The number of alkyl halides is 3. The lowest BCUT2D eigenvalue weighted by atomic mass is 10.0. The highest BCUT2D eigenvalue weighted by Crippen LogP contribution is 2.28. The lowest BCUT2D eigenvalue weighted by molar-refractivity contribution is -0.192. The van der Waals surface area contributed by atoms with E-state index in [0.717, 1.165) is 34.9 Å². The highest BCUT2D eigenvalue weighted by Gasteiger charge is 2.38. The van der Waals surface area contributed by atoms with Crippen LogP contribution in [-0.2, 0) is 9.59 Å². The molecular weight excluding hydrogens is 499 g/mol. The zero-order valence-corrected chi connectivity index (χ0v) is 20.1. The molecule has 1 fully saturated rings. The minimum Gasteiger partial charge on any atom is -0.475 e. The SMILES string of the molecule is Cc1cncc2cccc(NC3CCCN(C(=O)C(O)c4ccc(Cl)cc4)C3)c12.O=C(O)C(F)(F)F. The largest absolute Gasteiger partial charge is 0.490 e. The van der Waals surface area contributed by atoms with Crippen molar-refractivity contribution in [1.82, 2.24) is 9.88 Å². The number of hydrogen-bond donors (Lipinski definition) is 3. The molecule has 1 amide bonds. The van der Waals surface area contributed by atoms with Gasteiger partial charge in [-0.05, 0) is 49.1 Å². The third kappa shape index (κ3) is 6.86. The number of nitrogens with one attached hydrogen (secondary N) is 1. The van der Waals surface area contributed by atoms with Crippen LogP contribution >= 0.6 is 11.6 Å². The Kier molecular flexibility index (Phi) is 8.75. The summed E-state index contributed by atoms with van der Waals surface area (Å²) < 4.78 is 31.7. The van der Waals surface area contributed by atoms with Crippen molar-refractivity contribution in [3.05, 3.63) is 71.0 Å². The first-order chi connectivity index (χ1) is 17.0. The van der Waals surface area contributed by atoms with Crippen LogP contribution in [0.25, 0.3) is 10.8 Å². The quantitative estimate of drug-likeness (QED) is 0.446. The van der Waals surface area contributed by atoms with Crippen molar-refractivity contribution in [3.8, 4) is 0 Å². The Hall–Kier alpha value is -3.37. The number of piperidine rings is 1. The van der Waals surface area contributed by atoms with E-state index in [4.69, 9.17) is 21.5 Å². The van der Waals surface area contributed by atoms with Crippen molar-refractivity contribution < 1.29 is 33.0 Å². The van der Waals surface area contributed by atoms with Crippen molar-refractivity contribution in [3.63, 3.8) is 0 Å². The van der Waals surface area contributed by atoms with Gasteiger partial charge in [0.1, 0.15) is 0 Å². The fourth-order valence-corrected chi connectivity index (χ4v) is 4.13. The number of amides is 1. The smallest absolute Gasteiger partial charge is 0.475 e. The number of carboxylic acids is 1. The summed E-state index contributed by atoms with van der Waals surface area (Å²) >= 11 is 5.90. The van der Waals surface area contributed by atoms with E-state index in [1.807, 2.05) is 18.5 Å². The molecule has 0 saturated carbocycles. The van der Waals surface area contributed by atoms with E-state index in [1.54, 1.807) is 29.2 Å². The van der Waals surface area contributed by atoms with Crippen LogP contribution < -0.4 is 5.32 Å². The van der Waals surface area contributed by atoms with Crippen LogP contribution in [0.2, 0.25) is 5.02 Å². The van der Waals surface area contributed by atoms with Gasteiger partial charge in [0.25, 0.3) is 5.91 Å². The first-order valence-corrected chi connectivity index (χ1v) is 11.5. The number of aryl methyl sites for hydroxylation is 1. The molecule has 0 bridgehead atoms. The molecule has 11 heteroatoms. The molecule has 3 N–H and O–H groups in total. The molecule has 2 unspecified atom stereocenters. The van der Waals surface area contributed by atoms with Gasteiger partial charge in [-0.1, -0.05) is 35.9 Å². The lowest BCUT2D eigenvalue weighted by Crippen LogP contribution is -2.46. The normalized spacial score (nSPS) is 16.6. The minimum absolute atomic E-state index is 0.128. The van der Waals surface area contributed by atoms with Gasteiger partial charge < -0.3 is 20.4 Å². The highest BCUT2D eigenvalue weighted by molar-refractivity contribution is 6.30. The number of fused-ring (bicyclic) bond motifs is 1. The van der Waals surface area contributed by atoms with Gasteiger partial charge in [-0.25, -0.2) is 4.79 Å². The molecule has 0 aliphatic carbocycles. The van der Waals surface area contributed by atoms with Crippen LogP contribution in [0.1, 0.15) is 30.1 Å². The van der Waals surface area contributed by atoms with Crippen molar-refractivity contribution in [2.75, 3.05) is 18.4 Å². The minimum atomic E-state index is -5.08. The number of benzene rings is 2. The highest BCUT2D eigenvalue weighted by atomic mass is 35.5. The second-order valence-corrected chi connectivity index (χ2v) is 8.82. The maximum atomic E-state index is 12.9. The number of nitrogens with zero attached hydrogens (tertiary/aromatic N) is 2. The number of rotatable bonds is 4. The van der Waals surface area contributed by atoms with Gasteiger partial charge >= 0.3 is 12.1 Å². The van der Waals surface area contributed by atoms with Crippen LogP contribution in [0.15, 0.2) is 54.9 Å². The van der Waals surface area contributed by atoms with Crippen LogP contribution in [0.4, 0.5) is 18.9 Å². The number of carbonyl (C=O) groups is 2. The fourth-order valence-electron chi connectivity index (χ4n) is 4.01. The maximum absolute atomic E-state index is 12.9. The summed E-state index contributed by atoms with van der Waals surface area (Å²) in [5.41, 5.74) is 2.74. The van der Waals surface area contributed by atoms with Crippen LogP contribution in [0.3, 0.4) is 0 Å². The summed E-state index contributed by atoms with van der Waals surface area (Å²) in [6, 6.07) is 13.0. The fraction of sp³-hybridized carbons (Fsp3) is 0.320. The van der Waals surface area contributed by atoms with Crippen molar-refractivity contribution >= 4 is 39.9 Å². The van der Waals surface area contributed by atoms with E-state index < -0.39 is 18.2 Å². The topological polar surface area (TPSA) is 103 Å². The number of halogens is 4. The molecule has 1 aliphatic rings. The van der Waals surface area contributed by atoms with Gasteiger partial charge in [-0.2, -0.15) is 13.2 Å². The zero-order chi connectivity index (χ0) is 26.5. The number of carboxylic acid groups (broad SMARTS) is 1. The zero-order valence-electron chi connectivity index (χ0n) is 19.3. The molecule has 2 aromatic carbocycles. The number of likely N-dealkylation sites (tertiary alicyclic amines) is 1. The summed E-state index contributed by atoms with van der Waals surface area (Å²) in [6.45, 7) is 3.27. The van der Waals surface area contributed by atoms with E-state index in [-0.39, 0.29) is 11.9 Å². The first-order valence-electron chi connectivity index (χ1n) is 11.1. The third-order valence-corrected chi connectivity index (χ3v) is 5.98. The average molecular weight is 524 g/mol. The van der Waals surface area contributed by atoms with Gasteiger partial charge in [0.05, 0.1) is 0 Å². The van der Waals surface area contributed by atoms with E-state index in [1.165, 1.54) is 0 Å². The summed E-state index contributed by atoms with van der Waals surface area (Å²) in [5, 5.41) is 24.1. The predicted octanol–water partition coefficient (Wildman–Crippen LogP) is 4.97. The molecule has 2 heterocycles. The lowest BCUT2D eigenvalue weighted by Gasteiger charge is -2.35. The van der Waals surface area contributed by atoms with Crippen LogP contribution in [0, 0.1) is 6.92 Å². The monoisotopic (exact) mass is 523 g/mol. The van der Waals surface area contributed by atoms with E-state index in [0.29, 0.717) is 23.7 Å². The van der Waals surface area contributed by atoms with Gasteiger partial charge in [-0.15, -0.1) is 0 Å². The number of anilines is 1. The Morgan fingerprint density at radius 1 is 1.17 bits per heavy atom. The molecule has 0 radical (unpaired) electrons. The summed E-state index contributed by atoms with van der Waals surface area (Å²) in [4.78, 5) is 27.8. The van der Waals surface area contributed by atoms with E-state index in [2.05, 4.69) is 29.4 Å². The Morgan fingerprint density at radius 3 is 2.47 bits per heavy atom. The standard InChI is InChI=1S/C23H24ClN3O2.C2HF3O2/c1-15-12-25-13-17-4-2-6-20(21(15)17)26-19-5-3-11-27(14-19)23(29)22(28)16-7-9-18(24)10-8-16;3-2(4,5)1(6)7/h2,4,6-10,12-13,19,22,26,28H,3,5,11,14H2,1H3;(H,6,7). The third-order valence-electron chi connectivity index (χ3n) is 5.73. The maximum Gasteiger partial charge on any atom is 0.490 e. The summed E-state index contributed by atoms with van der Waals surface area (Å²) in [5.74, 6) is -3.02. The number of carbonyl (C=O) groups excluding carboxylic acids is 1. The molecule has 0 spiro atoms. The molecule has 2 atom stereocenters. The average Bonchev–Trinajstić information content (AvgIpc) is 2.84. The number of aromatic nitrogens is 1. The molecule has 1 saturated heterocycles.